The summed E-state index contributed by atoms with van der Waals surface area (Å²) in [5, 5.41) is 12.4. The van der Waals surface area contributed by atoms with Gasteiger partial charge in [-0.3, -0.25) is 9.59 Å². The molecule has 2 aliphatic rings. The van der Waals surface area contributed by atoms with Gasteiger partial charge in [0.15, 0.2) is 0 Å². The predicted molar refractivity (Wildman–Crippen MR) is 133 cm³/mol. The van der Waals surface area contributed by atoms with Gasteiger partial charge in [0.05, 0.1) is 5.41 Å². The molecule has 0 radical (unpaired) electrons. The first-order valence-corrected chi connectivity index (χ1v) is 12.3. The molecule has 0 aromatic heterocycles. The molecule has 3 atom stereocenters. The van der Waals surface area contributed by atoms with Gasteiger partial charge in [0.25, 0.3) is 0 Å². The van der Waals surface area contributed by atoms with Crippen LogP contribution >= 0.6 is 0 Å². The smallest absolute Gasteiger partial charge is 0.407 e. The van der Waals surface area contributed by atoms with Crippen molar-refractivity contribution < 1.29 is 24.2 Å². The third kappa shape index (κ3) is 4.77. The van der Waals surface area contributed by atoms with E-state index in [1.54, 1.807) is 11.8 Å². The first kappa shape index (κ1) is 24.8. The molecule has 2 amide bonds. The molecule has 1 fully saturated rings. The molecule has 7 nitrogen and oxygen atoms in total. The summed E-state index contributed by atoms with van der Waals surface area (Å²) in [5.41, 5.74) is 3.54. The van der Waals surface area contributed by atoms with Crippen molar-refractivity contribution in [2.45, 2.75) is 46.1 Å². The largest absolute Gasteiger partial charge is 0.481 e. The molecule has 4 rings (SSSR count). The van der Waals surface area contributed by atoms with Gasteiger partial charge in [0.1, 0.15) is 12.6 Å². The fraction of sp³-hybridized carbons (Fsp3) is 0.464. The van der Waals surface area contributed by atoms with E-state index in [0.29, 0.717) is 13.0 Å². The zero-order valence-electron chi connectivity index (χ0n) is 20.8. The van der Waals surface area contributed by atoms with Crippen LogP contribution in [0.2, 0.25) is 0 Å². The van der Waals surface area contributed by atoms with Crippen LogP contribution in [0.3, 0.4) is 0 Å². The fourth-order valence-corrected chi connectivity index (χ4v) is 5.29. The van der Waals surface area contributed by atoms with Gasteiger partial charge in [-0.1, -0.05) is 69.3 Å². The van der Waals surface area contributed by atoms with Gasteiger partial charge in [0.2, 0.25) is 5.91 Å². The summed E-state index contributed by atoms with van der Waals surface area (Å²) in [6, 6.07) is 15.5. The van der Waals surface area contributed by atoms with Crippen LogP contribution < -0.4 is 5.32 Å². The molecule has 7 heteroatoms. The van der Waals surface area contributed by atoms with E-state index in [4.69, 9.17) is 4.74 Å². The highest BCUT2D eigenvalue weighted by atomic mass is 16.5. The third-order valence-electron chi connectivity index (χ3n) is 7.54. The van der Waals surface area contributed by atoms with Gasteiger partial charge in [-0.15, -0.1) is 0 Å². The van der Waals surface area contributed by atoms with E-state index in [2.05, 4.69) is 29.6 Å². The summed E-state index contributed by atoms with van der Waals surface area (Å²) in [4.78, 5) is 39.5. The summed E-state index contributed by atoms with van der Waals surface area (Å²) in [6.07, 6.45) is -0.198. The third-order valence-corrected chi connectivity index (χ3v) is 7.54. The maximum Gasteiger partial charge on any atom is 0.407 e. The minimum atomic E-state index is -0.998. The second kappa shape index (κ2) is 9.72. The molecule has 0 unspecified atom stereocenters. The van der Waals surface area contributed by atoms with E-state index >= 15 is 0 Å². The van der Waals surface area contributed by atoms with Crippen molar-refractivity contribution in [3.05, 3.63) is 59.7 Å². The minimum Gasteiger partial charge on any atom is -0.481 e. The Labute approximate surface area is 206 Å². The summed E-state index contributed by atoms with van der Waals surface area (Å²) < 4.78 is 5.65. The second-order valence-electron chi connectivity index (χ2n) is 10.5. The summed E-state index contributed by atoms with van der Waals surface area (Å²) in [5.74, 6) is -1.26. The molecule has 0 saturated carbocycles. The molecule has 2 aromatic rings. The van der Waals surface area contributed by atoms with Crippen LogP contribution in [0.1, 0.15) is 51.2 Å². The van der Waals surface area contributed by atoms with Crippen molar-refractivity contribution in [2.75, 3.05) is 19.7 Å². The van der Waals surface area contributed by atoms with E-state index in [1.807, 2.05) is 45.0 Å². The molecule has 1 aliphatic heterocycles. The lowest BCUT2D eigenvalue weighted by Gasteiger charge is -2.26. The highest BCUT2D eigenvalue weighted by molar-refractivity contribution is 5.87. The number of aliphatic carboxylic acids is 1. The topological polar surface area (TPSA) is 95.9 Å². The van der Waals surface area contributed by atoms with Gasteiger partial charge < -0.3 is 20.1 Å². The SMILES string of the molecule is CC(C)C[C@H](NC(=O)OCC1c2ccccc2-c2ccccc21)C(=O)N1C[C@H](C)[C@@](C)(C(=O)O)C1. The van der Waals surface area contributed by atoms with E-state index in [1.165, 1.54) is 0 Å². The van der Waals surface area contributed by atoms with Gasteiger partial charge in [0, 0.05) is 19.0 Å². The number of ether oxygens (including phenoxy) is 1. The van der Waals surface area contributed by atoms with Crippen LogP contribution in [-0.4, -0.2) is 53.7 Å². The number of carbonyl (C=O) groups is 3. The molecule has 1 aliphatic carbocycles. The summed E-state index contributed by atoms with van der Waals surface area (Å²) in [7, 11) is 0. The summed E-state index contributed by atoms with van der Waals surface area (Å²) in [6.45, 7) is 8.12. The average Bonchev–Trinajstić information content (AvgIpc) is 3.31. The number of nitrogens with zero attached hydrogens (tertiary/aromatic N) is 1. The Hall–Kier alpha value is -3.35. The maximum absolute atomic E-state index is 13.3. The maximum atomic E-state index is 13.3. The molecule has 1 heterocycles. The fourth-order valence-electron chi connectivity index (χ4n) is 5.29. The lowest BCUT2D eigenvalue weighted by molar-refractivity contribution is -0.149. The van der Waals surface area contributed by atoms with Crippen molar-refractivity contribution in [1.29, 1.82) is 0 Å². The average molecular weight is 479 g/mol. The van der Waals surface area contributed by atoms with Crippen LogP contribution in [0.15, 0.2) is 48.5 Å². The number of carboxylic acids is 1. The van der Waals surface area contributed by atoms with Gasteiger partial charge >= 0.3 is 12.1 Å². The van der Waals surface area contributed by atoms with Crippen LogP contribution in [-0.2, 0) is 14.3 Å². The Morgan fingerprint density at radius 3 is 2.17 bits per heavy atom. The van der Waals surface area contributed by atoms with Crippen molar-refractivity contribution in [1.82, 2.24) is 10.2 Å². The van der Waals surface area contributed by atoms with Crippen LogP contribution in [0, 0.1) is 17.3 Å². The molecule has 186 valence electrons. The zero-order valence-corrected chi connectivity index (χ0v) is 20.8. The Bertz CT molecular complexity index is 1080. The van der Waals surface area contributed by atoms with Crippen LogP contribution in [0.4, 0.5) is 4.79 Å². The Kier molecular flexibility index (Phi) is 6.88. The highest BCUT2D eigenvalue weighted by Gasteiger charge is 2.48. The quantitative estimate of drug-likeness (QED) is 0.611. The van der Waals surface area contributed by atoms with Crippen molar-refractivity contribution in [2.24, 2.45) is 17.3 Å². The van der Waals surface area contributed by atoms with Crippen molar-refractivity contribution in [3.63, 3.8) is 0 Å². The number of rotatable bonds is 7. The number of carboxylic acid groups (broad SMARTS) is 1. The van der Waals surface area contributed by atoms with E-state index < -0.39 is 23.5 Å². The number of likely N-dealkylation sites (tertiary alicyclic amines) is 1. The van der Waals surface area contributed by atoms with E-state index in [-0.39, 0.29) is 36.8 Å². The molecular weight excluding hydrogens is 444 g/mol. The van der Waals surface area contributed by atoms with Gasteiger partial charge in [-0.25, -0.2) is 4.79 Å². The molecule has 0 bridgehead atoms. The molecule has 1 saturated heterocycles. The number of alkyl carbamates (subject to hydrolysis) is 1. The lowest BCUT2D eigenvalue weighted by atomic mass is 9.81. The molecule has 35 heavy (non-hydrogen) atoms. The Morgan fingerprint density at radius 2 is 1.66 bits per heavy atom. The Balaban J connectivity index is 1.44. The number of carbonyl (C=O) groups excluding carboxylic acids is 2. The number of fused-ring (bicyclic) bond motifs is 3. The number of nitrogens with one attached hydrogen (secondary N) is 1. The first-order valence-electron chi connectivity index (χ1n) is 12.3. The number of hydrogen-bond acceptors (Lipinski definition) is 4. The van der Waals surface area contributed by atoms with Crippen LogP contribution in [0.25, 0.3) is 11.1 Å². The number of hydrogen-bond donors (Lipinski definition) is 2. The number of amides is 2. The van der Waals surface area contributed by atoms with Gasteiger partial charge in [-0.05, 0) is 47.4 Å². The van der Waals surface area contributed by atoms with E-state index in [9.17, 15) is 19.5 Å². The monoisotopic (exact) mass is 478 g/mol. The molecule has 0 spiro atoms. The Morgan fingerprint density at radius 1 is 1.09 bits per heavy atom. The second-order valence-corrected chi connectivity index (χ2v) is 10.5. The highest BCUT2D eigenvalue weighted by Crippen LogP contribution is 2.44. The lowest BCUT2D eigenvalue weighted by Crippen LogP contribution is -2.49. The van der Waals surface area contributed by atoms with Crippen molar-refractivity contribution >= 4 is 18.0 Å². The van der Waals surface area contributed by atoms with Crippen LogP contribution in [0.5, 0.6) is 0 Å². The number of benzene rings is 2. The minimum absolute atomic E-state index is 0.0666. The first-order chi connectivity index (χ1) is 16.6. The van der Waals surface area contributed by atoms with E-state index in [0.717, 1.165) is 22.3 Å². The van der Waals surface area contributed by atoms with Gasteiger partial charge in [-0.2, -0.15) is 0 Å². The standard InChI is InChI=1S/C28H34N2O5/c1-17(2)13-24(25(31)30-14-18(3)28(4,16-30)26(32)33)29-27(34)35-15-23-21-11-7-5-9-19(21)20-10-6-8-12-22(20)23/h5-12,17-18,23-24H,13-16H2,1-4H3,(H,29,34)(H,32,33)/t18-,24-,28-/m0/s1. The molecule has 2 N–H and O–H groups in total. The molecular formula is C28H34N2O5. The predicted octanol–water partition coefficient (Wildman–Crippen LogP) is 4.51. The zero-order chi connectivity index (χ0) is 25.3. The summed E-state index contributed by atoms with van der Waals surface area (Å²) >= 11 is 0. The van der Waals surface area contributed by atoms with Crippen molar-refractivity contribution in [3.8, 4) is 11.1 Å². The molecule has 2 aromatic carbocycles. The normalized spacial score (nSPS) is 22.0.